The SMILES string of the molecule is CC/C=C\C/C=C\C/C=C\C/C=C\C/C=C\C/C=C\CCC(=O)O[C@H](COC(=O)CCCCC/C=C\C/C=C\C/C=C\C/C=C\C/C=C\CC)COC(=O)CCCCCCCCCCCCCC. The molecule has 68 heavy (non-hydrogen) atoms. The monoisotopic (exact) mass is 939 g/mol. The quantitative estimate of drug-likeness (QED) is 0.0262. The summed E-state index contributed by atoms with van der Waals surface area (Å²) in [5.74, 6) is -1.05. The molecule has 0 aliphatic carbocycles. The van der Waals surface area contributed by atoms with Gasteiger partial charge >= 0.3 is 17.9 Å². The molecule has 0 amide bonds. The molecule has 0 fully saturated rings. The van der Waals surface area contributed by atoms with Crippen molar-refractivity contribution in [2.75, 3.05) is 13.2 Å². The molecule has 0 heterocycles. The molecule has 0 aliphatic heterocycles. The number of esters is 3. The van der Waals surface area contributed by atoms with Crippen molar-refractivity contribution in [1.29, 1.82) is 0 Å². The van der Waals surface area contributed by atoms with Crippen molar-refractivity contribution in [2.45, 2.75) is 226 Å². The lowest BCUT2D eigenvalue weighted by Crippen LogP contribution is -2.30. The van der Waals surface area contributed by atoms with E-state index in [4.69, 9.17) is 14.2 Å². The second-order valence-electron chi connectivity index (χ2n) is 17.4. The molecule has 1 atom stereocenters. The average Bonchev–Trinajstić information content (AvgIpc) is 3.34. The first-order valence-corrected chi connectivity index (χ1v) is 27.2. The summed E-state index contributed by atoms with van der Waals surface area (Å²) in [6.45, 7) is 6.30. The zero-order chi connectivity index (χ0) is 49.3. The van der Waals surface area contributed by atoms with E-state index in [-0.39, 0.29) is 31.6 Å². The van der Waals surface area contributed by atoms with Gasteiger partial charge in [-0.15, -0.1) is 0 Å². The van der Waals surface area contributed by atoms with E-state index in [0.717, 1.165) is 116 Å². The fourth-order valence-corrected chi connectivity index (χ4v) is 6.91. The highest BCUT2D eigenvalue weighted by Crippen LogP contribution is 2.14. The number of carbonyl (C=O) groups is 3. The highest BCUT2D eigenvalue weighted by atomic mass is 16.6. The number of carbonyl (C=O) groups excluding carboxylic acids is 3. The second-order valence-corrected chi connectivity index (χ2v) is 17.4. The predicted octanol–water partition coefficient (Wildman–Crippen LogP) is 18.3. The molecular formula is C62H98O6. The Morgan fingerprint density at radius 1 is 0.309 bits per heavy atom. The van der Waals surface area contributed by atoms with E-state index in [1.54, 1.807) is 0 Å². The van der Waals surface area contributed by atoms with Crippen LogP contribution in [0.25, 0.3) is 0 Å². The third-order valence-electron chi connectivity index (χ3n) is 10.9. The molecule has 6 nitrogen and oxygen atoms in total. The lowest BCUT2D eigenvalue weighted by atomic mass is 10.0. The van der Waals surface area contributed by atoms with Gasteiger partial charge in [0.1, 0.15) is 13.2 Å². The van der Waals surface area contributed by atoms with Gasteiger partial charge in [0.2, 0.25) is 0 Å². The molecule has 0 aromatic carbocycles. The lowest BCUT2D eigenvalue weighted by Gasteiger charge is -2.18. The van der Waals surface area contributed by atoms with Gasteiger partial charge in [-0.05, 0) is 103 Å². The van der Waals surface area contributed by atoms with Crippen LogP contribution in [0.4, 0.5) is 0 Å². The summed E-state index contributed by atoms with van der Waals surface area (Å²) in [6, 6.07) is 0. The van der Waals surface area contributed by atoms with Crippen LogP contribution in [0.15, 0.2) is 134 Å². The first kappa shape index (κ1) is 63.6. The number of hydrogen-bond donors (Lipinski definition) is 0. The van der Waals surface area contributed by atoms with Crippen LogP contribution in [0, 0.1) is 0 Å². The number of hydrogen-bond acceptors (Lipinski definition) is 6. The minimum atomic E-state index is -0.835. The molecule has 0 saturated heterocycles. The highest BCUT2D eigenvalue weighted by Gasteiger charge is 2.19. The second kappa shape index (κ2) is 55.1. The molecule has 6 heteroatoms. The van der Waals surface area contributed by atoms with E-state index in [9.17, 15) is 14.4 Å². The van der Waals surface area contributed by atoms with Crippen LogP contribution in [-0.2, 0) is 28.6 Å². The van der Waals surface area contributed by atoms with Crippen LogP contribution in [0.3, 0.4) is 0 Å². The molecule has 0 rings (SSSR count). The lowest BCUT2D eigenvalue weighted by molar-refractivity contribution is -0.166. The van der Waals surface area contributed by atoms with E-state index < -0.39 is 12.1 Å². The molecular weight excluding hydrogens is 841 g/mol. The number of allylic oxidation sites excluding steroid dienone is 22. The third kappa shape index (κ3) is 52.5. The Balaban J connectivity index is 4.57. The van der Waals surface area contributed by atoms with Gasteiger partial charge in [0.25, 0.3) is 0 Å². The fraction of sp³-hybridized carbons (Fsp3) is 0.597. The number of unbranched alkanes of at least 4 members (excludes halogenated alkanes) is 14. The van der Waals surface area contributed by atoms with Crippen LogP contribution >= 0.6 is 0 Å². The Morgan fingerprint density at radius 3 is 0.956 bits per heavy atom. The zero-order valence-electron chi connectivity index (χ0n) is 43.6. The van der Waals surface area contributed by atoms with Crippen LogP contribution in [-0.4, -0.2) is 37.2 Å². The van der Waals surface area contributed by atoms with E-state index in [0.29, 0.717) is 19.3 Å². The Hall–Kier alpha value is -4.45. The van der Waals surface area contributed by atoms with E-state index >= 15 is 0 Å². The first-order chi connectivity index (χ1) is 33.5. The summed E-state index contributed by atoms with van der Waals surface area (Å²) in [6.07, 6.45) is 77.3. The van der Waals surface area contributed by atoms with Crippen molar-refractivity contribution in [3.05, 3.63) is 134 Å². The van der Waals surface area contributed by atoms with Crippen LogP contribution in [0.5, 0.6) is 0 Å². The van der Waals surface area contributed by atoms with Gasteiger partial charge < -0.3 is 14.2 Å². The Labute approximate surface area is 417 Å². The first-order valence-electron chi connectivity index (χ1n) is 27.2. The molecule has 0 spiro atoms. The van der Waals surface area contributed by atoms with Gasteiger partial charge in [-0.3, -0.25) is 14.4 Å². The smallest absolute Gasteiger partial charge is 0.306 e. The normalized spacial score (nSPS) is 13.2. The summed E-state index contributed by atoms with van der Waals surface area (Å²) in [7, 11) is 0. The van der Waals surface area contributed by atoms with Crippen molar-refractivity contribution in [3.8, 4) is 0 Å². The highest BCUT2D eigenvalue weighted by molar-refractivity contribution is 5.71. The standard InChI is InChI=1S/C62H98O6/c1-4-7-10-13-16-19-22-25-27-29-31-33-35-37-40-43-46-49-52-55-61(64)67-58-59(57-66-60(63)54-51-48-45-42-39-24-21-18-15-12-9-6-3)68-62(65)56-53-50-47-44-41-38-36-34-32-30-28-26-23-20-17-14-11-8-5-2/h7-8,10-11,16-17,19-20,25-28,31-34,37-38,40-41,47,50,59H,4-6,9,12-15,18,21-24,29-30,35-36,39,42-46,48-49,51-58H2,1-3H3/b10-7-,11-8-,19-16-,20-17-,27-25-,28-26-,33-31-,34-32-,40-37-,41-38-,50-47-/t59-/m0/s1. The number of rotatable bonds is 47. The number of ether oxygens (including phenoxy) is 3. The summed E-state index contributed by atoms with van der Waals surface area (Å²) in [5.41, 5.74) is 0. The van der Waals surface area contributed by atoms with Gasteiger partial charge in [0.05, 0.1) is 0 Å². The molecule has 0 aliphatic rings. The van der Waals surface area contributed by atoms with Crippen molar-refractivity contribution >= 4 is 17.9 Å². The summed E-state index contributed by atoms with van der Waals surface area (Å²) in [5, 5.41) is 0. The van der Waals surface area contributed by atoms with E-state index in [1.807, 2.05) is 12.2 Å². The molecule has 0 saturated carbocycles. The van der Waals surface area contributed by atoms with Crippen LogP contribution in [0.2, 0.25) is 0 Å². The zero-order valence-corrected chi connectivity index (χ0v) is 43.6. The minimum Gasteiger partial charge on any atom is -0.462 e. The molecule has 0 aromatic heterocycles. The average molecular weight is 939 g/mol. The fourth-order valence-electron chi connectivity index (χ4n) is 6.91. The topological polar surface area (TPSA) is 78.9 Å². The predicted molar refractivity (Wildman–Crippen MR) is 292 cm³/mol. The molecule has 0 aromatic rings. The molecule has 0 unspecified atom stereocenters. The van der Waals surface area contributed by atoms with Gasteiger partial charge in [-0.1, -0.05) is 231 Å². The van der Waals surface area contributed by atoms with Gasteiger partial charge in [0.15, 0.2) is 6.10 Å². The van der Waals surface area contributed by atoms with Gasteiger partial charge in [-0.25, -0.2) is 0 Å². The summed E-state index contributed by atoms with van der Waals surface area (Å²) < 4.78 is 16.7. The van der Waals surface area contributed by atoms with Crippen molar-refractivity contribution in [1.82, 2.24) is 0 Å². The molecule has 382 valence electrons. The van der Waals surface area contributed by atoms with Gasteiger partial charge in [-0.2, -0.15) is 0 Å². The Morgan fingerprint density at radius 2 is 0.603 bits per heavy atom. The largest absolute Gasteiger partial charge is 0.462 e. The summed E-state index contributed by atoms with van der Waals surface area (Å²) >= 11 is 0. The maximum Gasteiger partial charge on any atom is 0.306 e. The Bertz CT molecular complexity index is 1500. The van der Waals surface area contributed by atoms with Crippen LogP contribution in [0.1, 0.15) is 220 Å². The molecule has 0 N–H and O–H groups in total. The third-order valence-corrected chi connectivity index (χ3v) is 10.9. The molecule has 0 radical (unpaired) electrons. The maximum absolute atomic E-state index is 12.8. The van der Waals surface area contributed by atoms with Crippen molar-refractivity contribution in [3.63, 3.8) is 0 Å². The molecule has 0 bridgehead atoms. The Kier molecular flexibility index (Phi) is 51.5. The maximum atomic E-state index is 12.8. The van der Waals surface area contributed by atoms with E-state index in [1.165, 1.54) is 57.8 Å². The minimum absolute atomic E-state index is 0.122. The van der Waals surface area contributed by atoms with Crippen molar-refractivity contribution in [2.24, 2.45) is 0 Å². The van der Waals surface area contributed by atoms with Crippen LogP contribution < -0.4 is 0 Å². The summed E-state index contributed by atoms with van der Waals surface area (Å²) in [4.78, 5) is 38.0. The van der Waals surface area contributed by atoms with E-state index in [2.05, 4.69) is 142 Å². The van der Waals surface area contributed by atoms with Gasteiger partial charge in [0, 0.05) is 19.3 Å². The van der Waals surface area contributed by atoms with Crippen molar-refractivity contribution < 1.29 is 28.6 Å².